The third-order valence-electron chi connectivity index (χ3n) is 6.44. The Balaban J connectivity index is 2.12. The number of sulfonamides is 1. The number of halogens is 2. The average Bonchev–Trinajstić information content (AvgIpc) is 2.90. The van der Waals surface area contributed by atoms with E-state index in [1.54, 1.807) is 55.5 Å². The van der Waals surface area contributed by atoms with Crippen LogP contribution in [0.1, 0.15) is 37.5 Å². The molecule has 0 aromatic heterocycles. The number of rotatable bonds is 11. The van der Waals surface area contributed by atoms with Crippen LogP contribution in [0.15, 0.2) is 65.6 Å². The molecule has 3 aromatic rings. The smallest absolute Gasteiger partial charge is 0.264 e. The van der Waals surface area contributed by atoms with E-state index in [1.807, 2.05) is 27.7 Å². The fourth-order valence-corrected chi connectivity index (χ4v) is 6.05. The minimum atomic E-state index is -4.24. The van der Waals surface area contributed by atoms with Crippen molar-refractivity contribution in [2.75, 3.05) is 18.0 Å². The van der Waals surface area contributed by atoms with E-state index in [1.165, 1.54) is 24.1 Å². The number of methoxy groups -OCH3 is 1. The predicted molar refractivity (Wildman–Crippen MR) is 163 cm³/mol. The largest absolute Gasteiger partial charge is 0.495 e. The summed E-state index contributed by atoms with van der Waals surface area (Å²) in [5.41, 5.74) is 2.41. The van der Waals surface area contributed by atoms with E-state index in [0.29, 0.717) is 15.6 Å². The number of carbonyl (C=O) groups is 2. The number of benzene rings is 3. The Morgan fingerprint density at radius 2 is 1.56 bits per heavy atom. The monoisotopic (exact) mass is 619 g/mol. The molecule has 220 valence electrons. The van der Waals surface area contributed by atoms with Crippen molar-refractivity contribution in [2.24, 2.45) is 0 Å². The first kappa shape index (κ1) is 32.2. The number of amides is 2. The van der Waals surface area contributed by atoms with Gasteiger partial charge in [0, 0.05) is 22.6 Å². The van der Waals surface area contributed by atoms with E-state index in [4.69, 9.17) is 27.9 Å². The van der Waals surface area contributed by atoms with Crippen LogP contribution in [0.5, 0.6) is 5.75 Å². The van der Waals surface area contributed by atoms with Crippen molar-refractivity contribution in [3.05, 3.63) is 87.4 Å². The van der Waals surface area contributed by atoms with Gasteiger partial charge in [0.2, 0.25) is 11.8 Å². The van der Waals surface area contributed by atoms with Crippen LogP contribution >= 0.6 is 23.2 Å². The number of ether oxygens (including phenoxy) is 1. The van der Waals surface area contributed by atoms with E-state index in [9.17, 15) is 18.0 Å². The van der Waals surface area contributed by atoms with E-state index in [-0.39, 0.29) is 34.8 Å². The zero-order valence-electron chi connectivity index (χ0n) is 23.9. The summed E-state index contributed by atoms with van der Waals surface area (Å²) in [5.74, 6) is -0.724. The quantitative estimate of drug-likeness (QED) is 0.294. The first-order valence-electron chi connectivity index (χ1n) is 13.0. The number of nitrogens with one attached hydrogen (secondary N) is 1. The molecule has 0 fully saturated rings. The molecule has 11 heteroatoms. The second kappa shape index (κ2) is 13.6. The van der Waals surface area contributed by atoms with Crippen LogP contribution in [0.4, 0.5) is 5.69 Å². The number of aryl methyl sites for hydroxylation is 2. The highest BCUT2D eigenvalue weighted by atomic mass is 35.5. The first-order valence-corrected chi connectivity index (χ1v) is 15.2. The molecule has 0 heterocycles. The van der Waals surface area contributed by atoms with Crippen LogP contribution in [-0.2, 0) is 26.2 Å². The summed E-state index contributed by atoms with van der Waals surface area (Å²) in [6.45, 7) is 8.23. The van der Waals surface area contributed by atoms with Crippen molar-refractivity contribution < 1.29 is 22.7 Å². The SMILES string of the molecule is COc1ccc(C)cc1N(CC(=O)N(Cc1ccc(Cl)cc1Cl)[C@H](C)C(=O)NC(C)C)S(=O)(=O)c1ccc(C)cc1. The van der Waals surface area contributed by atoms with Crippen LogP contribution < -0.4 is 14.4 Å². The Labute approximate surface area is 252 Å². The van der Waals surface area contributed by atoms with Gasteiger partial charge >= 0.3 is 0 Å². The molecule has 0 aliphatic heterocycles. The molecular formula is C30H35Cl2N3O5S. The van der Waals surface area contributed by atoms with Crippen molar-refractivity contribution in [3.8, 4) is 5.75 Å². The fourth-order valence-electron chi connectivity index (χ4n) is 4.17. The number of carbonyl (C=O) groups excluding carboxylic acids is 2. The third kappa shape index (κ3) is 7.93. The van der Waals surface area contributed by atoms with Gasteiger partial charge in [-0.25, -0.2) is 8.42 Å². The average molecular weight is 621 g/mol. The molecule has 0 saturated heterocycles. The number of nitrogens with zero attached hydrogens (tertiary/aromatic N) is 2. The standard InChI is InChI=1S/C30H35Cl2N3O5S/c1-19(2)33-30(37)22(5)34(17-23-10-11-24(31)16-26(23)32)29(36)18-35(27-15-21(4)9-14-28(27)40-6)41(38,39)25-12-7-20(3)8-13-25/h7-16,19,22H,17-18H2,1-6H3,(H,33,37)/t22-/m1/s1. The molecule has 8 nitrogen and oxygen atoms in total. The minimum Gasteiger partial charge on any atom is -0.495 e. The lowest BCUT2D eigenvalue weighted by Crippen LogP contribution is -2.52. The van der Waals surface area contributed by atoms with Crippen molar-refractivity contribution >= 4 is 50.7 Å². The minimum absolute atomic E-state index is 0.0114. The molecule has 0 spiro atoms. The molecule has 0 saturated carbocycles. The van der Waals surface area contributed by atoms with E-state index in [2.05, 4.69) is 5.32 Å². The highest BCUT2D eigenvalue weighted by Crippen LogP contribution is 2.34. The molecule has 41 heavy (non-hydrogen) atoms. The maximum Gasteiger partial charge on any atom is 0.264 e. The molecule has 0 aliphatic rings. The van der Waals surface area contributed by atoms with Gasteiger partial charge in [0.05, 0.1) is 17.7 Å². The lowest BCUT2D eigenvalue weighted by molar-refractivity contribution is -0.139. The summed E-state index contributed by atoms with van der Waals surface area (Å²) in [6, 6.07) is 15.2. The van der Waals surface area contributed by atoms with Gasteiger partial charge in [-0.05, 0) is 82.1 Å². The van der Waals surface area contributed by atoms with Gasteiger partial charge < -0.3 is 15.0 Å². The normalized spacial score (nSPS) is 12.1. The molecule has 0 bridgehead atoms. The summed E-state index contributed by atoms with van der Waals surface area (Å²) in [5, 5.41) is 3.56. The van der Waals surface area contributed by atoms with Gasteiger partial charge in [-0.1, -0.05) is 53.0 Å². The highest BCUT2D eigenvalue weighted by Gasteiger charge is 2.34. The number of hydrogen-bond donors (Lipinski definition) is 1. The van der Waals surface area contributed by atoms with Crippen molar-refractivity contribution in [3.63, 3.8) is 0 Å². The summed E-state index contributed by atoms with van der Waals surface area (Å²) >= 11 is 12.5. The molecule has 1 N–H and O–H groups in total. The molecule has 3 aromatic carbocycles. The van der Waals surface area contributed by atoms with Gasteiger partial charge in [0.25, 0.3) is 10.0 Å². The lowest BCUT2D eigenvalue weighted by atomic mass is 10.1. The van der Waals surface area contributed by atoms with Gasteiger partial charge in [0.15, 0.2) is 0 Å². The number of hydrogen-bond acceptors (Lipinski definition) is 5. The highest BCUT2D eigenvalue weighted by molar-refractivity contribution is 7.92. The Morgan fingerprint density at radius 3 is 2.15 bits per heavy atom. The first-order chi connectivity index (χ1) is 19.2. The van der Waals surface area contributed by atoms with Crippen molar-refractivity contribution in [1.82, 2.24) is 10.2 Å². The summed E-state index contributed by atoms with van der Waals surface area (Å²) < 4.78 is 34.7. The molecule has 0 unspecified atom stereocenters. The van der Waals surface area contributed by atoms with Gasteiger partial charge in [-0.3, -0.25) is 13.9 Å². The van der Waals surface area contributed by atoms with Crippen LogP contribution in [0, 0.1) is 13.8 Å². The fraction of sp³-hybridized carbons (Fsp3) is 0.333. The third-order valence-corrected chi connectivity index (χ3v) is 8.81. The Morgan fingerprint density at radius 1 is 0.927 bits per heavy atom. The van der Waals surface area contributed by atoms with Crippen molar-refractivity contribution in [1.29, 1.82) is 0 Å². The molecule has 3 rings (SSSR count). The topological polar surface area (TPSA) is 96.0 Å². The zero-order valence-corrected chi connectivity index (χ0v) is 26.3. The second-order valence-electron chi connectivity index (χ2n) is 10.1. The Bertz CT molecular complexity index is 1510. The van der Waals surface area contributed by atoms with Gasteiger partial charge in [-0.2, -0.15) is 0 Å². The van der Waals surface area contributed by atoms with E-state index >= 15 is 0 Å². The van der Waals surface area contributed by atoms with Crippen LogP contribution in [-0.4, -0.2) is 50.9 Å². The Hall–Kier alpha value is -3.27. The van der Waals surface area contributed by atoms with E-state index in [0.717, 1.165) is 15.4 Å². The molecule has 2 amide bonds. The second-order valence-corrected chi connectivity index (χ2v) is 12.8. The lowest BCUT2D eigenvalue weighted by Gasteiger charge is -2.33. The maximum atomic E-state index is 14.1. The van der Waals surface area contributed by atoms with Gasteiger partial charge in [0.1, 0.15) is 18.3 Å². The van der Waals surface area contributed by atoms with Crippen LogP contribution in [0.2, 0.25) is 10.0 Å². The summed E-state index contributed by atoms with van der Waals surface area (Å²) in [6.07, 6.45) is 0. The van der Waals surface area contributed by atoms with Gasteiger partial charge in [-0.15, -0.1) is 0 Å². The Kier molecular flexibility index (Phi) is 10.7. The van der Waals surface area contributed by atoms with Crippen LogP contribution in [0.3, 0.4) is 0 Å². The van der Waals surface area contributed by atoms with Crippen LogP contribution in [0.25, 0.3) is 0 Å². The van der Waals surface area contributed by atoms with Crippen molar-refractivity contribution in [2.45, 2.75) is 58.1 Å². The zero-order chi connectivity index (χ0) is 30.5. The molecule has 0 radical (unpaired) electrons. The number of anilines is 1. The maximum absolute atomic E-state index is 14.1. The molecule has 0 aliphatic carbocycles. The molecule has 1 atom stereocenters. The molecular weight excluding hydrogens is 585 g/mol. The van der Waals surface area contributed by atoms with E-state index < -0.39 is 28.5 Å². The summed E-state index contributed by atoms with van der Waals surface area (Å²) in [7, 11) is -2.81. The summed E-state index contributed by atoms with van der Waals surface area (Å²) in [4.78, 5) is 28.5. The predicted octanol–water partition coefficient (Wildman–Crippen LogP) is 5.76.